The van der Waals surface area contributed by atoms with E-state index in [9.17, 15) is 14.4 Å². The van der Waals surface area contributed by atoms with Gasteiger partial charge in [0.05, 0.1) is 12.7 Å². The minimum Gasteiger partial charge on any atom is -0.465 e. The minimum atomic E-state index is -0.548. The van der Waals surface area contributed by atoms with E-state index in [-0.39, 0.29) is 29.6 Å². The Balaban J connectivity index is 1.73. The second kappa shape index (κ2) is 10.5. The predicted molar refractivity (Wildman–Crippen MR) is 117 cm³/mol. The van der Waals surface area contributed by atoms with Crippen LogP contribution in [0.5, 0.6) is 0 Å². The van der Waals surface area contributed by atoms with Crippen LogP contribution in [0.1, 0.15) is 32.0 Å². The SMILES string of the molecule is COC(=O)c1cc(CNC(=O)c2ccccn2)cc(NC(=O)/C=C/c2ccccc2)c1. The number of hydrogen-bond acceptors (Lipinski definition) is 5. The fourth-order valence-electron chi connectivity index (χ4n) is 2.79. The molecule has 0 spiro atoms. The lowest BCUT2D eigenvalue weighted by Gasteiger charge is -2.10. The number of carbonyl (C=O) groups is 3. The average Bonchev–Trinajstić information content (AvgIpc) is 2.81. The number of ether oxygens (including phenoxy) is 1. The van der Waals surface area contributed by atoms with Crippen LogP contribution in [0.2, 0.25) is 0 Å². The number of nitrogens with zero attached hydrogens (tertiary/aromatic N) is 1. The van der Waals surface area contributed by atoms with E-state index in [2.05, 4.69) is 15.6 Å². The normalized spacial score (nSPS) is 10.5. The van der Waals surface area contributed by atoms with Crippen LogP contribution >= 0.6 is 0 Å². The van der Waals surface area contributed by atoms with Gasteiger partial charge in [0.1, 0.15) is 5.69 Å². The molecule has 0 saturated carbocycles. The molecule has 1 heterocycles. The zero-order valence-electron chi connectivity index (χ0n) is 16.9. The molecule has 3 rings (SSSR count). The van der Waals surface area contributed by atoms with Crippen LogP contribution in [-0.2, 0) is 16.1 Å². The summed E-state index contributed by atoms with van der Waals surface area (Å²) in [4.78, 5) is 40.6. The molecule has 0 atom stereocenters. The number of carbonyl (C=O) groups excluding carboxylic acids is 3. The van der Waals surface area contributed by atoms with Crippen molar-refractivity contribution < 1.29 is 19.1 Å². The maximum Gasteiger partial charge on any atom is 0.337 e. The molecule has 0 aliphatic rings. The second-order valence-electron chi connectivity index (χ2n) is 6.54. The molecule has 0 aliphatic carbocycles. The summed E-state index contributed by atoms with van der Waals surface area (Å²) in [6.07, 6.45) is 4.62. The standard InChI is InChI=1S/C24H21N3O4/c1-31-24(30)19-13-18(16-26-23(29)21-9-5-6-12-25-21)14-20(15-19)27-22(28)11-10-17-7-3-2-4-8-17/h2-15H,16H2,1H3,(H,26,29)(H,27,28)/b11-10+. The topological polar surface area (TPSA) is 97.4 Å². The lowest BCUT2D eigenvalue weighted by molar-refractivity contribution is -0.111. The summed E-state index contributed by atoms with van der Waals surface area (Å²) in [5, 5.41) is 5.48. The molecule has 3 aromatic rings. The summed E-state index contributed by atoms with van der Waals surface area (Å²) in [6, 6.07) is 19.2. The number of pyridine rings is 1. The van der Waals surface area contributed by atoms with E-state index in [1.165, 1.54) is 25.4 Å². The first-order chi connectivity index (χ1) is 15.0. The van der Waals surface area contributed by atoms with E-state index in [0.29, 0.717) is 11.3 Å². The first-order valence-electron chi connectivity index (χ1n) is 9.51. The van der Waals surface area contributed by atoms with E-state index < -0.39 is 5.97 Å². The van der Waals surface area contributed by atoms with Gasteiger partial charge in [0.25, 0.3) is 5.91 Å². The molecule has 2 aromatic carbocycles. The van der Waals surface area contributed by atoms with Gasteiger partial charge in [0.15, 0.2) is 0 Å². The minimum absolute atomic E-state index is 0.142. The van der Waals surface area contributed by atoms with Crippen LogP contribution in [0.25, 0.3) is 6.08 Å². The van der Waals surface area contributed by atoms with E-state index >= 15 is 0 Å². The van der Waals surface area contributed by atoms with Crippen LogP contribution < -0.4 is 10.6 Å². The quantitative estimate of drug-likeness (QED) is 0.455. The van der Waals surface area contributed by atoms with Gasteiger partial charge >= 0.3 is 5.97 Å². The third kappa shape index (κ3) is 6.37. The predicted octanol–water partition coefficient (Wildman–Crippen LogP) is 3.45. The molecule has 0 saturated heterocycles. The zero-order chi connectivity index (χ0) is 22.1. The number of benzene rings is 2. The summed E-state index contributed by atoms with van der Waals surface area (Å²) >= 11 is 0. The number of methoxy groups -OCH3 is 1. The molecule has 0 unspecified atom stereocenters. The molecule has 7 nitrogen and oxygen atoms in total. The van der Waals surface area contributed by atoms with Gasteiger partial charge in [-0.15, -0.1) is 0 Å². The zero-order valence-corrected chi connectivity index (χ0v) is 16.9. The largest absolute Gasteiger partial charge is 0.465 e. The van der Waals surface area contributed by atoms with Gasteiger partial charge in [-0.25, -0.2) is 4.79 Å². The highest BCUT2D eigenvalue weighted by Crippen LogP contribution is 2.17. The number of esters is 1. The fraction of sp³-hybridized carbons (Fsp3) is 0.0833. The van der Waals surface area contributed by atoms with Gasteiger partial charge in [-0.2, -0.15) is 0 Å². The Bertz CT molecular complexity index is 1100. The summed E-state index contributed by atoms with van der Waals surface area (Å²) in [7, 11) is 1.28. The molecule has 7 heteroatoms. The third-order valence-electron chi connectivity index (χ3n) is 4.26. The highest BCUT2D eigenvalue weighted by Gasteiger charge is 2.12. The second-order valence-corrected chi connectivity index (χ2v) is 6.54. The van der Waals surface area contributed by atoms with Crippen molar-refractivity contribution in [3.05, 3.63) is 101 Å². The van der Waals surface area contributed by atoms with Gasteiger partial charge < -0.3 is 15.4 Å². The van der Waals surface area contributed by atoms with E-state index in [4.69, 9.17) is 4.74 Å². The summed E-state index contributed by atoms with van der Waals surface area (Å²) in [5.41, 5.74) is 2.46. The fourth-order valence-corrected chi connectivity index (χ4v) is 2.79. The monoisotopic (exact) mass is 415 g/mol. The van der Waals surface area contributed by atoms with Crippen molar-refractivity contribution in [1.29, 1.82) is 0 Å². The summed E-state index contributed by atoms with van der Waals surface area (Å²) in [5.74, 6) is -1.25. The lowest BCUT2D eigenvalue weighted by Crippen LogP contribution is -2.24. The molecule has 1 aromatic heterocycles. The van der Waals surface area contributed by atoms with Crippen molar-refractivity contribution >= 4 is 29.5 Å². The van der Waals surface area contributed by atoms with Crippen molar-refractivity contribution in [3.63, 3.8) is 0 Å². The molecular weight excluding hydrogens is 394 g/mol. The van der Waals surface area contributed by atoms with Gasteiger partial charge in [-0.05, 0) is 47.5 Å². The van der Waals surface area contributed by atoms with Crippen molar-refractivity contribution in [3.8, 4) is 0 Å². The smallest absolute Gasteiger partial charge is 0.337 e. The Kier molecular flexibility index (Phi) is 7.26. The van der Waals surface area contributed by atoms with Crippen LogP contribution in [-0.4, -0.2) is 29.9 Å². The lowest BCUT2D eigenvalue weighted by atomic mass is 10.1. The van der Waals surface area contributed by atoms with E-state index in [1.807, 2.05) is 30.3 Å². The number of rotatable bonds is 7. The van der Waals surface area contributed by atoms with Gasteiger partial charge in [-0.1, -0.05) is 36.4 Å². The Labute approximate surface area is 179 Å². The molecule has 2 N–H and O–H groups in total. The Morgan fingerprint density at radius 3 is 2.48 bits per heavy atom. The summed E-state index contributed by atoms with van der Waals surface area (Å²) < 4.78 is 4.79. The van der Waals surface area contributed by atoms with Crippen molar-refractivity contribution in [1.82, 2.24) is 10.3 Å². The van der Waals surface area contributed by atoms with Crippen molar-refractivity contribution in [2.24, 2.45) is 0 Å². The Hall–Kier alpha value is -4.26. The summed E-state index contributed by atoms with van der Waals surface area (Å²) in [6.45, 7) is 0.142. The van der Waals surface area contributed by atoms with Crippen molar-refractivity contribution in [2.75, 3.05) is 12.4 Å². The molecule has 0 aliphatic heterocycles. The number of anilines is 1. The molecule has 2 amide bonds. The van der Waals surface area contributed by atoms with Crippen LogP contribution in [0, 0.1) is 0 Å². The Morgan fingerprint density at radius 2 is 1.77 bits per heavy atom. The Morgan fingerprint density at radius 1 is 1.00 bits per heavy atom. The van der Waals surface area contributed by atoms with Gasteiger partial charge in [-0.3, -0.25) is 14.6 Å². The van der Waals surface area contributed by atoms with Gasteiger partial charge in [0.2, 0.25) is 5.91 Å². The highest BCUT2D eigenvalue weighted by molar-refractivity contribution is 6.02. The van der Waals surface area contributed by atoms with E-state index in [0.717, 1.165) is 5.56 Å². The molecule has 0 fully saturated rings. The van der Waals surface area contributed by atoms with Crippen molar-refractivity contribution in [2.45, 2.75) is 6.54 Å². The van der Waals surface area contributed by atoms with Crippen LogP contribution in [0.4, 0.5) is 5.69 Å². The number of nitrogens with one attached hydrogen (secondary N) is 2. The van der Waals surface area contributed by atoms with Gasteiger partial charge in [0, 0.05) is 24.5 Å². The third-order valence-corrected chi connectivity index (χ3v) is 4.26. The maximum atomic E-state index is 12.3. The number of aromatic nitrogens is 1. The van der Waals surface area contributed by atoms with E-state index in [1.54, 1.807) is 36.4 Å². The van der Waals surface area contributed by atoms with Crippen LogP contribution in [0.15, 0.2) is 79.0 Å². The highest BCUT2D eigenvalue weighted by atomic mass is 16.5. The number of amides is 2. The molecule has 31 heavy (non-hydrogen) atoms. The number of hydrogen-bond donors (Lipinski definition) is 2. The molecular formula is C24H21N3O4. The molecule has 156 valence electrons. The molecule has 0 bridgehead atoms. The first kappa shape index (κ1) is 21.4. The first-order valence-corrected chi connectivity index (χ1v) is 9.51. The average molecular weight is 415 g/mol. The van der Waals surface area contributed by atoms with Crippen LogP contribution in [0.3, 0.4) is 0 Å². The maximum absolute atomic E-state index is 12.3. The molecule has 0 radical (unpaired) electrons.